The average Bonchev–Trinajstić information content (AvgIpc) is 2.42. The van der Waals surface area contributed by atoms with Crippen LogP contribution in [-0.4, -0.2) is 20.6 Å². The van der Waals surface area contributed by atoms with E-state index in [-0.39, 0.29) is 12.4 Å². The quantitative estimate of drug-likeness (QED) is 0.460. The molecule has 0 aromatic heterocycles. The van der Waals surface area contributed by atoms with E-state index in [1.807, 2.05) is 0 Å². The number of unbranched alkanes of at least 4 members (excludes halogenated alkanes) is 7. The number of benzene rings is 1. The Balaban J connectivity index is 0.00000400. The van der Waals surface area contributed by atoms with Crippen LogP contribution >= 0.6 is 0 Å². The van der Waals surface area contributed by atoms with E-state index in [1.54, 1.807) is 0 Å². The second-order valence-corrected chi connectivity index (χ2v) is 6.72. The van der Waals surface area contributed by atoms with Crippen LogP contribution in [0.4, 0.5) is 5.69 Å². The highest BCUT2D eigenvalue weighted by Gasteiger charge is 2.17. The number of rotatable bonds is 10. The molecule has 1 aromatic carbocycles. The number of halogens is 1. The minimum Gasteiger partial charge on any atom is -1.00 e. The molecule has 2 heteroatoms. The van der Waals surface area contributed by atoms with Gasteiger partial charge in [-0.1, -0.05) is 63.1 Å². The molecule has 0 radical (unpaired) electrons. The van der Waals surface area contributed by atoms with Gasteiger partial charge in [-0.3, -0.25) is 4.48 Å². The van der Waals surface area contributed by atoms with Crippen molar-refractivity contribution >= 4 is 5.69 Å². The van der Waals surface area contributed by atoms with E-state index in [2.05, 4.69) is 52.2 Å². The topological polar surface area (TPSA) is 0 Å². The molecule has 0 spiro atoms. The molecule has 0 fully saturated rings. The molecule has 0 amide bonds. The van der Waals surface area contributed by atoms with Crippen molar-refractivity contribution in [3.05, 3.63) is 29.8 Å². The minimum absolute atomic E-state index is 0. The fraction of sp³-hybridized carbons (Fsp3) is 0.684. The smallest absolute Gasteiger partial charge is 0.132 e. The van der Waals surface area contributed by atoms with Gasteiger partial charge in [-0.15, -0.1) is 0 Å². The van der Waals surface area contributed by atoms with E-state index < -0.39 is 0 Å². The number of hydrogen-bond donors (Lipinski definition) is 0. The zero-order valence-electron chi connectivity index (χ0n) is 14.5. The molecule has 0 N–H and O–H groups in total. The van der Waals surface area contributed by atoms with Crippen molar-refractivity contribution in [2.75, 3.05) is 20.6 Å². The van der Waals surface area contributed by atoms with Gasteiger partial charge in [-0.2, -0.15) is 0 Å². The summed E-state index contributed by atoms with van der Waals surface area (Å²) in [6, 6.07) is 9.01. The summed E-state index contributed by atoms with van der Waals surface area (Å²) in [4.78, 5) is 0. The molecule has 0 aliphatic rings. The van der Waals surface area contributed by atoms with Gasteiger partial charge in [0.2, 0.25) is 0 Å². The molecule has 0 saturated heterocycles. The maximum Gasteiger partial charge on any atom is 0.132 e. The summed E-state index contributed by atoms with van der Waals surface area (Å²) in [6.07, 6.45) is 11.2. The van der Waals surface area contributed by atoms with E-state index in [0.29, 0.717) is 0 Å². The second-order valence-electron chi connectivity index (χ2n) is 6.72. The van der Waals surface area contributed by atoms with Gasteiger partial charge in [0.25, 0.3) is 0 Å². The van der Waals surface area contributed by atoms with Gasteiger partial charge in [0, 0.05) is 0 Å². The Bertz CT molecular complexity index is 356. The lowest BCUT2D eigenvalue weighted by molar-refractivity contribution is -0.00000458. The minimum atomic E-state index is 0. The number of nitrogens with zero attached hydrogens (tertiary/aromatic N) is 1. The van der Waals surface area contributed by atoms with Gasteiger partial charge < -0.3 is 12.4 Å². The van der Waals surface area contributed by atoms with Crippen molar-refractivity contribution in [3.8, 4) is 0 Å². The first-order chi connectivity index (χ1) is 9.56. The summed E-state index contributed by atoms with van der Waals surface area (Å²) in [5.74, 6) is 0. The molecule has 0 heterocycles. The summed E-state index contributed by atoms with van der Waals surface area (Å²) in [5.41, 5.74) is 2.78. The van der Waals surface area contributed by atoms with Gasteiger partial charge in [-0.25, -0.2) is 0 Å². The fourth-order valence-corrected chi connectivity index (χ4v) is 2.72. The Morgan fingerprint density at radius 3 is 1.76 bits per heavy atom. The van der Waals surface area contributed by atoms with Crippen LogP contribution in [0.2, 0.25) is 0 Å². The maximum absolute atomic E-state index is 2.33. The molecule has 122 valence electrons. The van der Waals surface area contributed by atoms with E-state index in [4.69, 9.17) is 0 Å². The zero-order valence-corrected chi connectivity index (χ0v) is 15.3. The molecule has 0 aliphatic carbocycles. The molecule has 0 unspecified atom stereocenters. The molecular formula is C19H34ClN. The van der Waals surface area contributed by atoms with Gasteiger partial charge in [0.1, 0.15) is 5.69 Å². The van der Waals surface area contributed by atoms with Crippen LogP contribution in [0.25, 0.3) is 0 Å². The molecule has 0 bridgehead atoms. The van der Waals surface area contributed by atoms with Crippen LogP contribution in [0, 0.1) is 6.92 Å². The van der Waals surface area contributed by atoms with Crippen LogP contribution < -0.4 is 16.9 Å². The van der Waals surface area contributed by atoms with Crippen LogP contribution in [0.1, 0.15) is 63.9 Å². The van der Waals surface area contributed by atoms with Gasteiger partial charge in [0.15, 0.2) is 0 Å². The van der Waals surface area contributed by atoms with Crippen molar-refractivity contribution in [1.29, 1.82) is 0 Å². The molecule has 0 aliphatic heterocycles. The predicted molar refractivity (Wildman–Crippen MR) is 92.3 cm³/mol. The summed E-state index contributed by atoms with van der Waals surface area (Å²) in [6.45, 7) is 5.69. The SMILES string of the molecule is CCCCCCCCCC[N+](C)(C)c1ccc(C)cc1.[Cl-]. The zero-order chi connectivity index (χ0) is 14.8. The van der Waals surface area contributed by atoms with E-state index in [9.17, 15) is 0 Å². The van der Waals surface area contributed by atoms with E-state index in [1.165, 1.54) is 69.2 Å². The first-order valence-electron chi connectivity index (χ1n) is 8.46. The standard InChI is InChI=1S/C19H34N.ClH/c1-5-6-7-8-9-10-11-12-17-20(3,4)19-15-13-18(2)14-16-19;/h13-16H,5-12,17H2,1-4H3;1H/q+1;/p-1. The summed E-state index contributed by atoms with van der Waals surface area (Å²) >= 11 is 0. The molecule has 0 atom stereocenters. The van der Waals surface area contributed by atoms with E-state index >= 15 is 0 Å². The lowest BCUT2D eigenvalue weighted by atomic mass is 10.1. The lowest BCUT2D eigenvalue weighted by Gasteiger charge is -2.29. The highest BCUT2D eigenvalue weighted by molar-refractivity contribution is 5.42. The number of quaternary nitrogens is 1. The molecule has 1 rings (SSSR count). The van der Waals surface area contributed by atoms with Crippen LogP contribution in [0.5, 0.6) is 0 Å². The van der Waals surface area contributed by atoms with Gasteiger partial charge in [0.05, 0.1) is 20.6 Å². The largest absolute Gasteiger partial charge is 1.00 e. The Kier molecular flexibility index (Phi) is 10.8. The van der Waals surface area contributed by atoms with Gasteiger partial charge >= 0.3 is 0 Å². The molecule has 21 heavy (non-hydrogen) atoms. The molecular weight excluding hydrogens is 278 g/mol. The van der Waals surface area contributed by atoms with Crippen molar-refractivity contribution < 1.29 is 12.4 Å². The van der Waals surface area contributed by atoms with Crippen molar-refractivity contribution in [1.82, 2.24) is 4.48 Å². The maximum atomic E-state index is 2.33. The van der Waals surface area contributed by atoms with Crippen LogP contribution in [0.15, 0.2) is 24.3 Å². The molecule has 1 aromatic rings. The van der Waals surface area contributed by atoms with Crippen LogP contribution in [-0.2, 0) is 0 Å². The monoisotopic (exact) mass is 311 g/mol. The summed E-state index contributed by atoms with van der Waals surface area (Å²) in [7, 11) is 4.65. The third kappa shape index (κ3) is 8.48. The summed E-state index contributed by atoms with van der Waals surface area (Å²) in [5, 5.41) is 0. The van der Waals surface area contributed by atoms with Crippen LogP contribution in [0.3, 0.4) is 0 Å². The van der Waals surface area contributed by atoms with Crippen molar-refractivity contribution in [2.45, 2.75) is 65.2 Å². The van der Waals surface area contributed by atoms with E-state index in [0.717, 1.165) is 4.48 Å². The van der Waals surface area contributed by atoms with Gasteiger partial charge in [-0.05, 0) is 31.9 Å². The lowest BCUT2D eigenvalue weighted by Crippen LogP contribution is -3.00. The number of aryl methyl sites for hydroxylation is 1. The summed E-state index contributed by atoms with van der Waals surface area (Å²) < 4.78 is 1.01. The normalized spacial score (nSPS) is 11.2. The first-order valence-corrected chi connectivity index (χ1v) is 8.46. The third-order valence-electron chi connectivity index (χ3n) is 4.30. The van der Waals surface area contributed by atoms with Crippen molar-refractivity contribution in [3.63, 3.8) is 0 Å². The Morgan fingerprint density at radius 2 is 1.24 bits per heavy atom. The molecule has 1 nitrogen and oxygen atoms in total. The second kappa shape index (κ2) is 11.1. The highest BCUT2D eigenvalue weighted by atomic mass is 35.5. The molecule has 0 saturated carbocycles. The number of hydrogen-bond acceptors (Lipinski definition) is 0. The Morgan fingerprint density at radius 1 is 0.762 bits per heavy atom. The first kappa shape index (κ1) is 20.5. The predicted octanol–water partition coefficient (Wildman–Crippen LogP) is 2.71. The third-order valence-corrected chi connectivity index (χ3v) is 4.30. The Hall–Kier alpha value is -0.530. The average molecular weight is 312 g/mol. The fourth-order valence-electron chi connectivity index (χ4n) is 2.72. The Labute approximate surface area is 138 Å². The highest BCUT2D eigenvalue weighted by Crippen LogP contribution is 2.20. The van der Waals surface area contributed by atoms with Crippen molar-refractivity contribution in [2.24, 2.45) is 0 Å².